The number of nitro benzene ring substituents is 1. The lowest BCUT2D eigenvalue weighted by molar-refractivity contribution is -0.385. The zero-order chi connectivity index (χ0) is 13.7. The lowest BCUT2D eigenvalue weighted by atomic mass is 10.0. The van der Waals surface area contributed by atoms with Gasteiger partial charge in [0.05, 0.1) is 17.6 Å². The first-order valence-corrected chi connectivity index (χ1v) is 5.09. The summed E-state index contributed by atoms with van der Waals surface area (Å²) in [5.41, 5.74) is 8.75. The van der Waals surface area contributed by atoms with E-state index >= 15 is 0 Å². The Bertz CT molecular complexity index is 499. The van der Waals surface area contributed by atoms with E-state index in [0.717, 1.165) is 0 Å². The van der Waals surface area contributed by atoms with Gasteiger partial charge in [-0.3, -0.25) is 10.1 Å². The summed E-state index contributed by atoms with van der Waals surface area (Å²) in [6.45, 7) is 1.27. The summed E-state index contributed by atoms with van der Waals surface area (Å²) >= 11 is 0. The first kappa shape index (κ1) is 13.9. The van der Waals surface area contributed by atoms with Gasteiger partial charge in [-0.15, -0.1) is 0 Å². The SMILES string of the molecule is Cc1cc(C(O)C(O)CN=[N+]=[N-])ccc1[N+](=O)[O-]. The fourth-order valence-electron chi connectivity index (χ4n) is 1.51. The summed E-state index contributed by atoms with van der Waals surface area (Å²) in [7, 11) is 0. The third-order valence-corrected chi connectivity index (χ3v) is 2.46. The van der Waals surface area contributed by atoms with Crippen LogP contribution in [0.2, 0.25) is 0 Å². The fraction of sp³-hybridized carbons (Fsp3) is 0.400. The van der Waals surface area contributed by atoms with Gasteiger partial charge in [0.15, 0.2) is 0 Å². The molecule has 0 aliphatic carbocycles. The average Bonchev–Trinajstić information content (AvgIpc) is 2.34. The molecule has 0 amide bonds. The molecule has 0 heterocycles. The van der Waals surface area contributed by atoms with Crippen LogP contribution in [0.3, 0.4) is 0 Å². The van der Waals surface area contributed by atoms with Crippen molar-refractivity contribution < 1.29 is 15.1 Å². The van der Waals surface area contributed by atoms with E-state index in [0.29, 0.717) is 11.1 Å². The third kappa shape index (κ3) is 3.17. The Morgan fingerprint density at radius 3 is 2.72 bits per heavy atom. The van der Waals surface area contributed by atoms with E-state index in [1.807, 2.05) is 0 Å². The second-order valence-corrected chi connectivity index (χ2v) is 3.73. The molecular weight excluding hydrogens is 240 g/mol. The van der Waals surface area contributed by atoms with Gasteiger partial charge in [-0.2, -0.15) is 0 Å². The first-order valence-electron chi connectivity index (χ1n) is 5.09. The number of aryl methyl sites for hydroxylation is 1. The summed E-state index contributed by atoms with van der Waals surface area (Å²) < 4.78 is 0. The molecule has 0 bridgehead atoms. The smallest absolute Gasteiger partial charge is 0.272 e. The molecule has 0 aliphatic heterocycles. The maximum atomic E-state index is 10.6. The van der Waals surface area contributed by atoms with Crippen LogP contribution >= 0.6 is 0 Å². The number of aliphatic hydroxyl groups excluding tert-OH is 2. The first-order chi connectivity index (χ1) is 8.47. The summed E-state index contributed by atoms with van der Waals surface area (Å²) in [6.07, 6.45) is -2.50. The van der Waals surface area contributed by atoms with Crippen LogP contribution < -0.4 is 0 Å². The van der Waals surface area contributed by atoms with Crippen molar-refractivity contribution in [2.24, 2.45) is 5.11 Å². The molecule has 0 saturated heterocycles. The van der Waals surface area contributed by atoms with Crippen molar-refractivity contribution in [2.45, 2.75) is 19.1 Å². The highest BCUT2D eigenvalue weighted by atomic mass is 16.6. The number of nitro groups is 1. The van der Waals surface area contributed by atoms with E-state index in [1.54, 1.807) is 0 Å². The summed E-state index contributed by atoms with van der Waals surface area (Å²) in [6, 6.07) is 4.03. The van der Waals surface area contributed by atoms with Crippen LogP contribution in [0, 0.1) is 17.0 Å². The molecule has 8 nitrogen and oxygen atoms in total. The van der Waals surface area contributed by atoms with Gasteiger partial charge >= 0.3 is 0 Å². The van der Waals surface area contributed by atoms with Crippen LogP contribution in [-0.2, 0) is 0 Å². The topological polar surface area (TPSA) is 132 Å². The van der Waals surface area contributed by atoms with E-state index in [2.05, 4.69) is 10.0 Å². The number of nitrogens with zero attached hydrogens (tertiary/aromatic N) is 4. The molecule has 0 radical (unpaired) electrons. The maximum absolute atomic E-state index is 10.6. The standard InChI is InChI=1S/C10H12N4O4/c1-6-4-7(2-3-8(6)14(17)18)10(16)9(15)5-12-13-11/h2-4,9-10,15-16H,5H2,1H3. The largest absolute Gasteiger partial charge is 0.390 e. The Labute approximate surface area is 102 Å². The van der Waals surface area contributed by atoms with Crippen molar-refractivity contribution in [3.05, 3.63) is 49.9 Å². The van der Waals surface area contributed by atoms with Crippen molar-refractivity contribution in [1.29, 1.82) is 0 Å². The molecule has 1 aromatic carbocycles. The summed E-state index contributed by atoms with van der Waals surface area (Å²) in [5, 5.41) is 33.1. The highest BCUT2D eigenvalue weighted by Gasteiger charge is 2.20. The molecule has 2 N–H and O–H groups in total. The van der Waals surface area contributed by atoms with Crippen molar-refractivity contribution in [1.82, 2.24) is 0 Å². The van der Waals surface area contributed by atoms with Gasteiger partial charge in [-0.05, 0) is 30.2 Å². The Kier molecular flexibility index (Phi) is 4.61. The number of rotatable bonds is 5. The third-order valence-electron chi connectivity index (χ3n) is 2.46. The van der Waals surface area contributed by atoms with Gasteiger partial charge in [0, 0.05) is 16.5 Å². The molecule has 96 valence electrons. The highest BCUT2D eigenvalue weighted by Crippen LogP contribution is 2.24. The Morgan fingerprint density at radius 2 is 2.22 bits per heavy atom. The van der Waals surface area contributed by atoms with Crippen LogP contribution in [-0.4, -0.2) is 27.8 Å². The fourth-order valence-corrected chi connectivity index (χ4v) is 1.51. The second-order valence-electron chi connectivity index (χ2n) is 3.73. The normalized spacial score (nSPS) is 13.5. The van der Waals surface area contributed by atoms with Crippen molar-refractivity contribution in [2.75, 3.05) is 6.54 Å². The zero-order valence-electron chi connectivity index (χ0n) is 9.59. The maximum Gasteiger partial charge on any atom is 0.272 e. The minimum Gasteiger partial charge on any atom is -0.390 e. The number of hydrogen-bond donors (Lipinski definition) is 2. The zero-order valence-corrected chi connectivity index (χ0v) is 9.59. The van der Waals surface area contributed by atoms with Gasteiger partial charge in [0.25, 0.3) is 5.69 Å². The monoisotopic (exact) mass is 252 g/mol. The number of benzene rings is 1. The summed E-state index contributed by atoms with van der Waals surface area (Å²) in [5.74, 6) is 0. The highest BCUT2D eigenvalue weighted by molar-refractivity contribution is 5.42. The molecule has 0 saturated carbocycles. The number of azide groups is 1. The van der Waals surface area contributed by atoms with Crippen LogP contribution in [0.15, 0.2) is 23.3 Å². The van der Waals surface area contributed by atoms with Gasteiger partial charge in [0.2, 0.25) is 0 Å². The van der Waals surface area contributed by atoms with Crippen molar-refractivity contribution in [3.8, 4) is 0 Å². The molecule has 0 fully saturated rings. The molecule has 0 aromatic heterocycles. The molecule has 2 atom stereocenters. The number of hydrogen-bond acceptors (Lipinski definition) is 5. The molecule has 0 aliphatic rings. The molecular formula is C10H12N4O4. The van der Waals surface area contributed by atoms with E-state index in [1.165, 1.54) is 25.1 Å². The molecule has 2 unspecified atom stereocenters. The predicted molar refractivity (Wildman–Crippen MR) is 62.8 cm³/mol. The summed E-state index contributed by atoms with van der Waals surface area (Å²) in [4.78, 5) is 12.6. The van der Waals surface area contributed by atoms with Gasteiger partial charge in [0.1, 0.15) is 6.10 Å². The van der Waals surface area contributed by atoms with Gasteiger partial charge < -0.3 is 10.2 Å². The van der Waals surface area contributed by atoms with Gasteiger partial charge in [-0.1, -0.05) is 5.11 Å². The Morgan fingerprint density at radius 1 is 1.56 bits per heavy atom. The van der Waals surface area contributed by atoms with E-state index in [9.17, 15) is 20.3 Å². The lowest BCUT2D eigenvalue weighted by Crippen LogP contribution is -2.21. The second kappa shape index (κ2) is 5.97. The molecule has 18 heavy (non-hydrogen) atoms. The van der Waals surface area contributed by atoms with Crippen LogP contribution in [0.4, 0.5) is 5.69 Å². The van der Waals surface area contributed by atoms with Crippen molar-refractivity contribution >= 4 is 5.69 Å². The van der Waals surface area contributed by atoms with E-state index in [4.69, 9.17) is 5.53 Å². The molecule has 1 aromatic rings. The Balaban J connectivity index is 2.93. The minimum atomic E-state index is -1.25. The van der Waals surface area contributed by atoms with Crippen LogP contribution in [0.25, 0.3) is 10.4 Å². The lowest BCUT2D eigenvalue weighted by Gasteiger charge is -2.16. The Hall–Kier alpha value is -2.15. The number of aliphatic hydroxyl groups is 2. The van der Waals surface area contributed by atoms with E-state index < -0.39 is 17.1 Å². The van der Waals surface area contributed by atoms with Gasteiger partial charge in [-0.25, -0.2) is 0 Å². The van der Waals surface area contributed by atoms with Crippen molar-refractivity contribution in [3.63, 3.8) is 0 Å². The molecule has 1 rings (SSSR count). The van der Waals surface area contributed by atoms with Crippen LogP contribution in [0.1, 0.15) is 17.2 Å². The van der Waals surface area contributed by atoms with Crippen LogP contribution in [0.5, 0.6) is 0 Å². The molecule has 0 spiro atoms. The molecule has 8 heteroatoms. The minimum absolute atomic E-state index is 0.0597. The quantitative estimate of drug-likeness (QED) is 0.270. The average molecular weight is 252 g/mol. The van der Waals surface area contributed by atoms with E-state index in [-0.39, 0.29) is 12.2 Å². The predicted octanol–water partition coefficient (Wildman–Crippen LogP) is 1.61.